The third-order valence-electron chi connectivity index (χ3n) is 3.39. The highest BCUT2D eigenvalue weighted by molar-refractivity contribution is 5.70. The molecule has 1 aromatic carbocycles. The minimum Gasteiger partial charge on any atom is -0.493 e. The van der Waals surface area contributed by atoms with Crippen molar-refractivity contribution in [3.05, 3.63) is 46.0 Å². The van der Waals surface area contributed by atoms with Crippen LogP contribution in [0.1, 0.15) is 32.2 Å². The summed E-state index contributed by atoms with van der Waals surface area (Å²) >= 11 is 0. The number of nitrogens with one attached hydrogen (secondary N) is 1. The van der Waals surface area contributed by atoms with Gasteiger partial charge in [-0.15, -0.1) is 0 Å². The number of ether oxygens (including phenoxy) is 1. The van der Waals surface area contributed by atoms with Gasteiger partial charge in [0.2, 0.25) is 5.88 Å². The van der Waals surface area contributed by atoms with Crippen molar-refractivity contribution < 1.29 is 9.84 Å². The first-order valence-electron chi connectivity index (χ1n) is 6.90. The molecule has 5 heteroatoms. The molecule has 0 aliphatic heterocycles. The lowest BCUT2D eigenvalue weighted by molar-refractivity contribution is -0.0213. The molecule has 2 rings (SSSR count). The third-order valence-corrected chi connectivity index (χ3v) is 3.39. The number of hydrogen-bond donors (Lipinski definition) is 2. The standard InChI is InChI=1S/C16H20N2O3/c1-5-21-16(3,4)15-17-13(19)12(14(20)18-15)11-9-7-6-8-10(11)2/h6-9H,5H2,1-4H3,(H2,17,18,19,20). The van der Waals surface area contributed by atoms with Crippen LogP contribution in [-0.2, 0) is 10.3 Å². The molecule has 0 atom stereocenters. The largest absolute Gasteiger partial charge is 0.493 e. The van der Waals surface area contributed by atoms with Crippen molar-refractivity contribution in [1.82, 2.24) is 9.97 Å². The number of H-pyrrole nitrogens is 1. The summed E-state index contributed by atoms with van der Waals surface area (Å²) in [4.78, 5) is 19.2. The summed E-state index contributed by atoms with van der Waals surface area (Å²) in [6, 6.07) is 7.37. The average molecular weight is 288 g/mol. The highest BCUT2D eigenvalue weighted by Gasteiger charge is 2.26. The Balaban J connectivity index is 2.59. The fourth-order valence-electron chi connectivity index (χ4n) is 2.27. The number of aryl methyl sites for hydroxylation is 1. The normalized spacial score (nSPS) is 11.6. The Morgan fingerprint density at radius 1 is 1.33 bits per heavy atom. The van der Waals surface area contributed by atoms with Gasteiger partial charge in [-0.05, 0) is 38.8 Å². The van der Waals surface area contributed by atoms with Crippen LogP contribution in [0.15, 0.2) is 29.1 Å². The molecular formula is C16H20N2O3. The van der Waals surface area contributed by atoms with Crippen LogP contribution in [0, 0.1) is 6.92 Å². The van der Waals surface area contributed by atoms with Crippen molar-refractivity contribution in [2.45, 2.75) is 33.3 Å². The number of aromatic amines is 1. The van der Waals surface area contributed by atoms with Gasteiger partial charge >= 0.3 is 0 Å². The maximum absolute atomic E-state index is 12.4. The Hall–Kier alpha value is -2.14. The van der Waals surface area contributed by atoms with Gasteiger partial charge < -0.3 is 14.8 Å². The van der Waals surface area contributed by atoms with Crippen LogP contribution in [0.25, 0.3) is 11.1 Å². The molecule has 0 aliphatic carbocycles. The molecule has 2 aromatic rings. The number of benzene rings is 1. The topological polar surface area (TPSA) is 75.2 Å². The summed E-state index contributed by atoms with van der Waals surface area (Å²) < 4.78 is 5.55. The lowest BCUT2D eigenvalue weighted by atomic mass is 10.0. The van der Waals surface area contributed by atoms with Crippen molar-refractivity contribution >= 4 is 0 Å². The van der Waals surface area contributed by atoms with Crippen LogP contribution >= 0.6 is 0 Å². The second-order valence-electron chi connectivity index (χ2n) is 5.37. The SMILES string of the molecule is CCOC(C)(C)c1nc(O)c(-c2ccccc2C)c(=O)[nH]1. The maximum Gasteiger partial charge on any atom is 0.262 e. The molecule has 0 spiro atoms. The zero-order valence-electron chi connectivity index (χ0n) is 12.7. The van der Waals surface area contributed by atoms with E-state index in [9.17, 15) is 9.90 Å². The van der Waals surface area contributed by atoms with Gasteiger partial charge in [0.25, 0.3) is 5.56 Å². The van der Waals surface area contributed by atoms with Crippen LogP contribution in [0.4, 0.5) is 0 Å². The highest BCUT2D eigenvalue weighted by atomic mass is 16.5. The second kappa shape index (κ2) is 5.69. The summed E-state index contributed by atoms with van der Waals surface area (Å²) in [6.45, 7) is 7.81. The quantitative estimate of drug-likeness (QED) is 0.907. The number of nitrogens with zero attached hydrogens (tertiary/aromatic N) is 1. The fraction of sp³-hybridized carbons (Fsp3) is 0.375. The lowest BCUT2D eigenvalue weighted by Crippen LogP contribution is -2.28. The molecule has 0 radical (unpaired) electrons. The molecule has 0 saturated heterocycles. The highest BCUT2D eigenvalue weighted by Crippen LogP contribution is 2.28. The molecule has 1 heterocycles. The molecule has 0 amide bonds. The van der Waals surface area contributed by atoms with Gasteiger partial charge in [0, 0.05) is 6.61 Å². The van der Waals surface area contributed by atoms with Crippen LogP contribution < -0.4 is 5.56 Å². The fourth-order valence-corrected chi connectivity index (χ4v) is 2.27. The summed E-state index contributed by atoms with van der Waals surface area (Å²) in [6.07, 6.45) is 0. The van der Waals surface area contributed by atoms with Crippen molar-refractivity contribution in [3.8, 4) is 17.0 Å². The first-order chi connectivity index (χ1) is 9.86. The van der Waals surface area contributed by atoms with Gasteiger partial charge in [-0.3, -0.25) is 4.79 Å². The second-order valence-corrected chi connectivity index (χ2v) is 5.37. The van der Waals surface area contributed by atoms with Crippen LogP contribution in [0.2, 0.25) is 0 Å². The van der Waals surface area contributed by atoms with Gasteiger partial charge in [-0.1, -0.05) is 24.3 Å². The van der Waals surface area contributed by atoms with Crippen molar-refractivity contribution in [2.24, 2.45) is 0 Å². The Morgan fingerprint density at radius 2 is 2.00 bits per heavy atom. The molecule has 1 aromatic heterocycles. The Kier molecular flexibility index (Phi) is 4.14. The predicted octanol–water partition coefficient (Wildman–Crippen LogP) is 2.72. The van der Waals surface area contributed by atoms with Crippen molar-refractivity contribution in [1.29, 1.82) is 0 Å². The molecule has 112 valence electrons. The summed E-state index contributed by atoms with van der Waals surface area (Å²) in [7, 11) is 0. The van der Waals surface area contributed by atoms with Gasteiger partial charge in [-0.2, -0.15) is 4.98 Å². The Bertz CT molecular complexity index is 705. The summed E-state index contributed by atoms with van der Waals surface area (Å²) in [5.74, 6) is 0.0278. The molecule has 5 nitrogen and oxygen atoms in total. The molecule has 0 aliphatic rings. The first-order valence-corrected chi connectivity index (χ1v) is 6.90. The predicted molar refractivity (Wildman–Crippen MR) is 81.3 cm³/mol. The van der Waals surface area contributed by atoms with Crippen molar-refractivity contribution in [3.63, 3.8) is 0 Å². The van der Waals surface area contributed by atoms with Crippen molar-refractivity contribution in [2.75, 3.05) is 6.61 Å². The zero-order valence-corrected chi connectivity index (χ0v) is 12.7. The third kappa shape index (κ3) is 2.97. The van der Waals surface area contributed by atoms with Gasteiger partial charge in [-0.25, -0.2) is 0 Å². The van der Waals surface area contributed by atoms with E-state index >= 15 is 0 Å². The zero-order chi connectivity index (χ0) is 15.6. The minimum atomic E-state index is -0.768. The average Bonchev–Trinajstić information content (AvgIpc) is 2.40. The monoisotopic (exact) mass is 288 g/mol. The Labute approximate surface area is 123 Å². The van der Waals surface area contributed by atoms with E-state index in [1.807, 2.05) is 32.0 Å². The smallest absolute Gasteiger partial charge is 0.262 e. The number of aromatic hydroxyl groups is 1. The molecule has 0 saturated carbocycles. The lowest BCUT2D eigenvalue weighted by Gasteiger charge is -2.23. The molecule has 0 unspecified atom stereocenters. The molecule has 0 fully saturated rings. The van der Waals surface area contributed by atoms with E-state index in [2.05, 4.69) is 9.97 Å². The Morgan fingerprint density at radius 3 is 2.57 bits per heavy atom. The summed E-state index contributed by atoms with van der Waals surface area (Å²) in [5.41, 5.74) is 0.612. The maximum atomic E-state index is 12.4. The van der Waals surface area contributed by atoms with E-state index in [0.29, 0.717) is 18.0 Å². The van der Waals surface area contributed by atoms with E-state index in [4.69, 9.17) is 4.74 Å². The minimum absolute atomic E-state index is 0.184. The first kappa shape index (κ1) is 15.3. The molecular weight excluding hydrogens is 268 g/mol. The molecule has 21 heavy (non-hydrogen) atoms. The van der Waals surface area contributed by atoms with Crippen LogP contribution in [-0.4, -0.2) is 21.7 Å². The molecule has 2 N–H and O–H groups in total. The molecule has 0 bridgehead atoms. The number of rotatable bonds is 4. The number of hydrogen-bond acceptors (Lipinski definition) is 4. The van der Waals surface area contributed by atoms with E-state index < -0.39 is 5.60 Å². The van der Waals surface area contributed by atoms with Gasteiger partial charge in [0.15, 0.2) is 0 Å². The van der Waals surface area contributed by atoms with Crippen LogP contribution in [0.3, 0.4) is 0 Å². The van der Waals surface area contributed by atoms with E-state index in [-0.39, 0.29) is 17.0 Å². The number of aromatic nitrogens is 2. The van der Waals surface area contributed by atoms with E-state index in [1.54, 1.807) is 19.9 Å². The van der Waals surface area contributed by atoms with Gasteiger partial charge in [0.1, 0.15) is 17.0 Å². The van der Waals surface area contributed by atoms with E-state index in [0.717, 1.165) is 5.56 Å². The van der Waals surface area contributed by atoms with Gasteiger partial charge in [0.05, 0.1) is 0 Å². The summed E-state index contributed by atoms with van der Waals surface area (Å²) in [5, 5.41) is 10.2. The van der Waals surface area contributed by atoms with E-state index in [1.165, 1.54) is 0 Å². The van der Waals surface area contributed by atoms with Crippen LogP contribution in [0.5, 0.6) is 5.88 Å².